The maximum atomic E-state index is 13.6. The maximum absolute atomic E-state index is 13.6. The molecule has 0 bridgehead atoms. The van der Waals surface area contributed by atoms with Gasteiger partial charge in [-0.1, -0.05) is 15.9 Å². The fourth-order valence-electron chi connectivity index (χ4n) is 1.37. The van der Waals surface area contributed by atoms with Crippen LogP contribution in [0.15, 0.2) is 33.5 Å². The molecule has 0 amide bonds. The number of nitrogens with one attached hydrogen (secondary N) is 1. The number of carbonyl (C=O) groups is 1. The van der Waals surface area contributed by atoms with Gasteiger partial charge in [-0.25, -0.2) is 14.2 Å². The third kappa shape index (κ3) is 2.45. The molecule has 1 aromatic heterocycles. The molecule has 2 rings (SSSR count). The average Bonchev–Trinajstić information content (AvgIpc) is 2.31. The van der Waals surface area contributed by atoms with Gasteiger partial charge in [0, 0.05) is 10.5 Å². The second-order valence-corrected chi connectivity index (χ2v) is 4.32. The van der Waals surface area contributed by atoms with Crippen LogP contribution in [0.25, 0.3) is 11.4 Å². The van der Waals surface area contributed by atoms with Crippen molar-refractivity contribution in [3.63, 3.8) is 0 Å². The van der Waals surface area contributed by atoms with Gasteiger partial charge in [0.1, 0.15) is 11.6 Å². The molecular weight excluding hydrogens is 307 g/mol. The topological polar surface area (TPSA) is 83.0 Å². The van der Waals surface area contributed by atoms with Crippen molar-refractivity contribution in [2.45, 2.75) is 0 Å². The Bertz CT molecular complexity index is 684. The molecule has 18 heavy (non-hydrogen) atoms. The van der Waals surface area contributed by atoms with Gasteiger partial charge < -0.3 is 10.1 Å². The fraction of sp³-hybridized carbons (Fsp3) is 0. The van der Waals surface area contributed by atoms with E-state index in [-0.39, 0.29) is 11.4 Å². The number of carboxylic acids is 1. The second kappa shape index (κ2) is 4.69. The summed E-state index contributed by atoms with van der Waals surface area (Å²) in [5.41, 5.74) is -1.07. The van der Waals surface area contributed by atoms with Crippen LogP contribution in [-0.2, 0) is 0 Å². The molecule has 0 saturated heterocycles. The Morgan fingerprint density at radius 2 is 2.11 bits per heavy atom. The minimum Gasteiger partial charge on any atom is -0.477 e. The van der Waals surface area contributed by atoms with Gasteiger partial charge in [0.2, 0.25) is 0 Å². The van der Waals surface area contributed by atoms with Crippen LogP contribution < -0.4 is 5.56 Å². The lowest BCUT2D eigenvalue weighted by Gasteiger charge is -2.04. The smallest absolute Gasteiger partial charge is 0.354 e. The zero-order valence-corrected chi connectivity index (χ0v) is 10.4. The Morgan fingerprint density at radius 1 is 1.39 bits per heavy atom. The zero-order valence-electron chi connectivity index (χ0n) is 8.78. The zero-order chi connectivity index (χ0) is 13.3. The molecule has 2 N–H and O–H groups in total. The van der Waals surface area contributed by atoms with Crippen molar-refractivity contribution in [2.24, 2.45) is 0 Å². The van der Waals surface area contributed by atoms with Crippen LogP contribution in [0.2, 0.25) is 0 Å². The van der Waals surface area contributed by atoms with E-state index in [9.17, 15) is 14.0 Å². The molecule has 0 aliphatic heterocycles. The van der Waals surface area contributed by atoms with Crippen molar-refractivity contribution in [2.75, 3.05) is 0 Å². The Hall–Kier alpha value is -2.02. The quantitative estimate of drug-likeness (QED) is 0.889. The molecule has 1 heterocycles. The highest BCUT2D eigenvalue weighted by Gasteiger charge is 2.12. The molecule has 0 radical (unpaired) electrons. The molecule has 0 saturated carbocycles. The summed E-state index contributed by atoms with van der Waals surface area (Å²) in [4.78, 5) is 28.0. The minimum absolute atomic E-state index is 0.0181. The summed E-state index contributed by atoms with van der Waals surface area (Å²) in [6.07, 6.45) is 0. The van der Waals surface area contributed by atoms with E-state index in [2.05, 4.69) is 25.9 Å². The number of carboxylic acid groups (broad SMARTS) is 1. The second-order valence-electron chi connectivity index (χ2n) is 3.41. The molecule has 0 aliphatic carbocycles. The molecule has 0 aliphatic rings. The van der Waals surface area contributed by atoms with Gasteiger partial charge in [-0.15, -0.1) is 0 Å². The summed E-state index contributed by atoms with van der Waals surface area (Å²) < 4.78 is 14.2. The first-order valence-electron chi connectivity index (χ1n) is 4.77. The minimum atomic E-state index is -1.35. The summed E-state index contributed by atoms with van der Waals surface area (Å²) in [6.45, 7) is 0. The highest BCUT2D eigenvalue weighted by Crippen LogP contribution is 2.22. The van der Waals surface area contributed by atoms with Gasteiger partial charge in [0.15, 0.2) is 5.69 Å². The van der Waals surface area contributed by atoms with Gasteiger partial charge in [0.25, 0.3) is 5.56 Å². The van der Waals surface area contributed by atoms with Crippen molar-refractivity contribution < 1.29 is 14.3 Å². The highest BCUT2D eigenvalue weighted by atomic mass is 79.9. The average molecular weight is 313 g/mol. The first kappa shape index (κ1) is 12.4. The monoisotopic (exact) mass is 312 g/mol. The van der Waals surface area contributed by atoms with E-state index in [1.807, 2.05) is 0 Å². The molecule has 0 spiro atoms. The van der Waals surface area contributed by atoms with Crippen LogP contribution in [0.3, 0.4) is 0 Å². The van der Waals surface area contributed by atoms with E-state index < -0.39 is 23.0 Å². The summed E-state index contributed by atoms with van der Waals surface area (Å²) in [5, 5.41) is 8.79. The van der Waals surface area contributed by atoms with Crippen LogP contribution in [0, 0.1) is 5.82 Å². The summed E-state index contributed by atoms with van der Waals surface area (Å²) >= 11 is 3.16. The van der Waals surface area contributed by atoms with Crippen LogP contribution in [-0.4, -0.2) is 21.0 Å². The van der Waals surface area contributed by atoms with E-state index in [1.165, 1.54) is 18.2 Å². The molecule has 7 heteroatoms. The van der Waals surface area contributed by atoms with Crippen LogP contribution in [0.5, 0.6) is 0 Å². The molecule has 1 aromatic carbocycles. The largest absolute Gasteiger partial charge is 0.477 e. The summed E-state index contributed by atoms with van der Waals surface area (Å²) in [5.74, 6) is -2.08. The third-order valence-corrected chi connectivity index (χ3v) is 2.64. The van der Waals surface area contributed by atoms with Gasteiger partial charge in [0.05, 0.1) is 5.56 Å². The molecule has 0 fully saturated rings. The van der Waals surface area contributed by atoms with E-state index in [1.54, 1.807) is 0 Å². The lowest BCUT2D eigenvalue weighted by atomic mass is 10.2. The standard InChI is InChI=1S/C11H6BrFN2O3/c12-5-1-2-7(13)6(3-5)10-14-8(11(17)18)4-9(16)15-10/h1-4H,(H,17,18)(H,14,15,16). The first-order chi connectivity index (χ1) is 8.47. The van der Waals surface area contributed by atoms with Crippen molar-refractivity contribution >= 4 is 21.9 Å². The van der Waals surface area contributed by atoms with E-state index in [0.29, 0.717) is 4.47 Å². The number of aromatic nitrogens is 2. The third-order valence-electron chi connectivity index (χ3n) is 2.14. The van der Waals surface area contributed by atoms with Crippen molar-refractivity contribution in [1.29, 1.82) is 0 Å². The number of aromatic amines is 1. The van der Waals surface area contributed by atoms with E-state index >= 15 is 0 Å². The van der Waals surface area contributed by atoms with Crippen molar-refractivity contribution in [3.8, 4) is 11.4 Å². The SMILES string of the molecule is O=C(O)c1cc(=O)[nH]c(-c2cc(Br)ccc2F)n1. The van der Waals surface area contributed by atoms with E-state index in [0.717, 1.165) is 6.07 Å². The summed E-state index contributed by atoms with van der Waals surface area (Å²) in [7, 11) is 0. The van der Waals surface area contributed by atoms with Crippen molar-refractivity contribution in [3.05, 3.63) is 50.6 Å². The van der Waals surface area contributed by atoms with E-state index in [4.69, 9.17) is 5.11 Å². The van der Waals surface area contributed by atoms with Gasteiger partial charge >= 0.3 is 5.97 Å². The number of rotatable bonds is 2. The Kier molecular flexibility index (Phi) is 3.24. The maximum Gasteiger partial charge on any atom is 0.354 e. The summed E-state index contributed by atoms with van der Waals surface area (Å²) in [6, 6.07) is 4.91. The Balaban J connectivity index is 2.67. The number of H-pyrrole nitrogens is 1. The van der Waals surface area contributed by atoms with Gasteiger partial charge in [-0.2, -0.15) is 0 Å². The van der Waals surface area contributed by atoms with Gasteiger partial charge in [-0.3, -0.25) is 4.79 Å². The number of hydrogen-bond acceptors (Lipinski definition) is 3. The van der Waals surface area contributed by atoms with Gasteiger partial charge in [-0.05, 0) is 18.2 Å². The predicted octanol–water partition coefficient (Wildman–Crippen LogP) is 2.04. The molecule has 5 nitrogen and oxygen atoms in total. The number of halogens is 2. The normalized spacial score (nSPS) is 10.3. The molecular formula is C11H6BrFN2O3. The number of aromatic carboxylic acids is 1. The fourth-order valence-corrected chi connectivity index (χ4v) is 1.73. The molecule has 92 valence electrons. The van der Waals surface area contributed by atoms with Crippen LogP contribution >= 0.6 is 15.9 Å². The number of hydrogen-bond donors (Lipinski definition) is 2. The van der Waals surface area contributed by atoms with Crippen molar-refractivity contribution in [1.82, 2.24) is 9.97 Å². The molecule has 2 aromatic rings. The molecule has 0 unspecified atom stereocenters. The predicted molar refractivity (Wildman–Crippen MR) is 64.9 cm³/mol. The number of nitrogens with zero attached hydrogens (tertiary/aromatic N) is 1. The lowest BCUT2D eigenvalue weighted by Crippen LogP contribution is -2.14. The lowest BCUT2D eigenvalue weighted by molar-refractivity contribution is 0.0690. The van der Waals surface area contributed by atoms with Crippen LogP contribution in [0.1, 0.15) is 10.5 Å². The number of benzene rings is 1. The Labute approximate surface area is 108 Å². The highest BCUT2D eigenvalue weighted by molar-refractivity contribution is 9.10. The first-order valence-corrected chi connectivity index (χ1v) is 5.57. The molecule has 0 atom stereocenters. The Morgan fingerprint density at radius 3 is 2.78 bits per heavy atom. The van der Waals surface area contributed by atoms with Crippen LogP contribution in [0.4, 0.5) is 4.39 Å².